The quantitative estimate of drug-likeness (QED) is 0.796. The molecule has 1 rings (SSSR count). The van der Waals surface area contributed by atoms with Gasteiger partial charge in [-0.3, -0.25) is 4.79 Å². The van der Waals surface area contributed by atoms with E-state index in [1.54, 1.807) is 31.2 Å². The number of rotatable bonds is 7. The van der Waals surface area contributed by atoms with E-state index in [-0.39, 0.29) is 11.7 Å². The van der Waals surface area contributed by atoms with Gasteiger partial charge in [0.15, 0.2) is 0 Å². The number of ether oxygens (including phenoxy) is 1. The Balaban J connectivity index is 2.28. The summed E-state index contributed by atoms with van der Waals surface area (Å²) in [6.07, 6.45) is 0.520. The summed E-state index contributed by atoms with van der Waals surface area (Å²) in [7, 11) is 0. The van der Waals surface area contributed by atoms with Gasteiger partial charge in [-0.1, -0.05) is 26.0 Å². The number of phenols is 1. The summed E-state index contributed by atoms with van der Waals surface area (Å²) in [6.45, 7) is 7.05. The standard InChI is InChI=1S/C15H23NO3/c1-11(2)8-9-19-12(3)15(18)16-10-13-4-6-14(17)7-5-13/h4-7,11-12,17H,8-10H2,1-3H3,(H,16,18). The minimum atomic E-state index is -0.434. The summed E-state index contributed by atoms with van der Waals surface area (Å²) in [5.74, 6) is 0.685. The van der Waals surface area contributed by atoms with E-state index in [1.807, 2.05) is 0 Å². The molecule has 0 aliphatic carbocycles. The second-order valence-electron chi connectivity index (χ2n) is 5.08. The second-order valence-corrected chi connectivity index (χ2v) is 5.08. The van der Waals surface area contributed by atoms with Crippen molar-refractivity contribution in [3.8, 4) is 5.75 Å². The van der Waals surface area contributed by atoms with Gasteiger partial charge in [-0.2, -0.15) is 0 Å². The first kappa shape index (κ1) is 15.5. The Morgan fingerprint density at radius 2 is 1.89 bits per heavy atom. The van der Waals surface area contributed by atoms with Crippen molar-refractivity contribution in [1.29, 1.82) is 0 Å². The minimum absolute atomic E-state index is 0.114. The Bertz CT molecular complexity index is 387. The zero-order valence-corrected chi connectivity index (χ0v) is 11.8. The maximum atomic E-state index is 11.8. The van der Waals surface area contributed by atoms with Crippen molar-refractivity contribution >= 4 is 5.91 Å². The van der Waals surface area contributed by atoms with E-state index in [4.69, 9.17) is 9.84 Å². The Hall–Kier alpha value is -1.55. The molecule has 0 radical (unpaired) electrons. The van der Waals surface area contributed by atoms with E-state index in [2.05, 4.69) is 19.2 Å². The van der Waals surface area contributed by atoms with Crippen LogP contribution in [0.4, 0.5) is 0 Å². The third-order valence-electron chi connectivity index (χ3n) is 2.84. The molecule has 0 saturated heterocycles. The Morgan fingerprint density at radius 1 is 1.26 bits per heavy atom. The molecule has 0 aliphatic rings. The molecule has 0 heterocycles. The van der Waals surface area contributed by atoms with Gasteiger partial charge >= 0.3 is 0 Å². The molecule has 1 unspecified atom stereocenters. The van der Waals surface area contributed by atoms with E-state index in [9.17, 15) is 4.79 Å². The molecule has 1 aromatic rings. The van der Waals surface area contributed by atoms with Crippen LogP contribution < -0.4 is 5.32 Å². The highest BCUT2D eigenvalue weighted by Gasteiger charge is 2.12. The van der Waals surface area contributed by atoms with Crippen LogP contribution in [0.15, 0.2) is 24.3 Å². The molecular weight excluding hydrogens is 242 g/mol. The van der Waals surface area contributed by atoms with Crippen LogP contribution in [-0.4, -0.2) is 23.7 Å². The van der Waals surface area contributed by atoms with Crippen LogP contribution in [0.25, 0.3) is 0 Å². The normalized spacial score (nSPS) is 12.4. The Kier molecular flexibility index (Phi) is 6.36. The molecule has 4 heteroatoms. The van der Waals surface area contributed by atoms with Crippen LogP contribution in [0.5, 0.6) is 5.75 Å². The maximum Gasteiger partial charge on any atom is 0.249 e. The molecule has 0 aromatic heterocycles. The lowest BCUT2D eigenvalue weighted by Crippen LogP contribution is -2.34. The van der Waals surface area contributed by atoms with Crippen molar-refractivity contribution in [2.45, 2.75) is 39.8 Å². The fraction of sp³-hybridized carbons (Fsp3) is 0.533. The number of amides is 1. The van der Waals surface area contributed by atoms with Crippen molar-refractivity contribution in [2.75, 3.05) is 6.61 Å². The monoisotopic (exact) mass is 265 g/mol. The lowest BCUT2D eigenvalue weighted by Gasteiger charge is -2.14. The van der Waals surface area contributed by atoms with Gasteiger partial charge in [-0.05, 0) is 37.0 Å². The molecule has 0 aliphatic heterocycles. The van der Waals surface area contributed by atoms with Gasteiger partial charge in [-0.15, -0.1) is 0 Å². The smallest absolute Gasteiger partial charge is 0.249 e. The van der Waals surface area contributed by atoms with Crippen molar-refractivity contribution in [1.82, 2.24) is 5.32 Å². The highest BCUT2D eigenvalue weighted by molar-refractivity contribution is 5.80. The van der Waals surface area contributed by atoms with Crippen molar-refractivity contribution in [3.05, 3.63) is 29.8 Å². The first-order chi connectivity index (χ1) is 8.99. The van der Waals surface area contributed by atoms with Crippen LogP contribution >= 0.6 is 0 Å². The van der Waals surface area contributed by atoms with Gasteiger partial charge in [-0.25, -0.2) is 0 Å². The van der Waals surface area contributed by atoms with Crippen molar-refractivity contribution < 1.29 is 14.6 Å². The number of hydrogen-bond acceptors (Lipinski definition) is 3. The van der Waals surface area contributed by atoms with E-state index < -0.39 is 6.10 Å². The molecule has 1 aromatic carbocycles. The van der Waals surface area contributed by atoms with Gasteiger partial charge in [0.1, 0.15) is 11.9 Å². The molecule has 4 nitrogen and oxygen atoms in total. The van der Waals surface area contributed by atoms with Gasteiger partial charge < -0.3 is 15.2 Å². The largest absolute Gasteiger partial charge is 0.508 e. The molecule has 2 N–H and O–H groups in total. The summed E-state index contributed by atoms with van der Waals surface area (Å²) >= 11 is 0. The zero-order valence-electron chi connectivity index (χ0n) is 11.8. The maximum absolute atomic E-state index is 11.8. The minimum Gasteiger partial charge on any atom is -0.508 e. The highest BCUT2D eigenvalue weighted by atomic mass is 16.5. The van der Waals surface area contributed by atoms with Crippen molar-refractivity contribution in [2.24, 2.45) is 5.92 Å². The predicted octanol–water partition coefficient (Wildman–Crippen LogP) is 2.46. The van der Waals surface area contributed by atoms with Gasteiger partial charge in [0.25, 0.3) is 0 Å². The number of carbonyl (C=O) groups excluding carboxylic acids is 1. The SMILES string of the molecule is CC(C)CCOC(C)C(=O)NCc1ccc(O)cc1. The van der Waals surface area contributed by atoms with Crippen LogP contribution in [0.3, 0.4) is 0 Å². The van der Waals surface area contributed by atoms with E-state index in [1.165, 1.54) is 0 Å². The molecule has 19 heavy (non-hydrogen) atoms. The van der Waals surface area contributed by atoms with E-state index in [0.29, 0.717) is 19.1 Å². The van der Waals surface area contributed by atoms with Gasteiger partial charge in [0, 0.05) is 13.2 Å². The third kappa shape index (κ3) is 6.25. The topological polar surface area (TPSA) is 58.6 Å². The number of carbonyl (C=O) groups is 1. The number of aromatic hydroxyl groups is 1. The summed E-state index contributed by atoms with van der Waals surface area (Å²) in [5, 5.41) is 12.0. The van der Waals surface area contributed by atoms with Crippen LogP contribution in [0.2, 0.25) is 0 Å². The number of phenolic OH excluding ortho intramolecular Hbond substituents is 1. The number of benzene rings is 1. The molecule has 106 valence electrons. The molecule has 1 atom stereocenters. The molecule has 1 amide bonds. The second kappa shape index (κ2) is 7.79. The van der Waals surface area contributed by atoms with Gasteiger partial charge in [0.05, 0.1) is 0 Å². The summed E-state index contributed by atoms with van der Waals surface area (Å²) in [5.41, 5.74) is 0.945. The molecule has 0 spiro atoms. The number of nitrogens with one attached hydrogen (secondary N) is 1. The van der Waals surface area contributed by atoms with Crippen LogP contribution in [0.1, 0.15) is 32.8 Å². The summed E-state index contributed by atoms with van der Waals surface area (Å²) in [6, 6.07) is 6.76. The third-order valence-corrected chi connectivity index (χ3v) is 2.84. The fourth-order valence-corrected chi connectivity index (χ4v) is 1.50. The van der Waals surface area contributed by atoms with Crippen LogP contribution in [0, 0.1) is 5.92 Å². The van der Waals surface area contributed by atoms with Crippen molar-refractivity contribution in [3.63, 3.8) is 0 Å². The molecule has 0 fully saturated rings. The molecule has 0 saturated carbocycles. The van der Waals surface area contributed by atoms with E-state index in [0.717, 1.165) is 12.0 Å². The highest BCUT2D eigenvalue weighted by Crippen LogP contribution is 2.09. The first-order valence-electron chi connectivity index (χ1n) is 6.66. The van der Waals surface area contributed by atoms with E-state index >= 15 is 0 Å². The lowest BCUT2D eigenvalue weighted by atomic mass is 10.1. The molecule has 0 bridgehead atoms. The van der Waals surface area contributed by atoms with Gasteiger partial charge in [0.2, 0.25) is 5.91 Å². The average molecular weight is 265 g/mol. The Morgan fingerprint density at radius 3 is 2.47 bits per heavy atom. The lowest BCUT2D eigenvalue weighted by molar-refractivity contribution is -0.132. The Labute approximate surface area is 114 Å². The zero-order chi connectivity index (χ0) is 14.3. The predicted molar refractivity (Wildman–Crippen MR) is 74.8 cm³/mol. The summed E-state index contributed by atoms with van der Waals surface area (Å²) < 4.78 is 5.47. The molecular formula is C15H23NO3. The first-order valence-corrected chi connectivity index (χ1v) is 6.66. The number of hydrogen-bond donors (Lipinski definition) is 2. The fourth-order valence-electron chi connectivity index (χ4n) is 1.50. The average Bonchev–Trinajstić information content (AvgIpc) is 2.37. The summed E-state index contributed by atoms with van der Waals surface area (Å²) in [4.78, 5) is 11.8. The van der Waals surface area contributed by atoms with Crippen LogP contribution in [-0.2, 0) is 16.1 Å².